The number of nitrogens with zero attached hydrogens (tertiary/aromatic N) is 1. The van der Waals surface area contributed by atoms with Gasteiger partial charge in [0.2, 0.25) is 0 Å². The summed E-state index contributed by atoms with van der Waals surface area (Å²) in [4.78, 5) is 2.41. The van der Waals surface area contributed by atoms with Crippen LogP contribution in [0.2, 0.25) is 0 Å². The number of rotatable bonds is 8. The fourth-order valence-corrected chi connectivity index (χ4v) is 2.06. The molecule has 0 atom stereocenters. The molecule has 102 valence electrons. The lowest BCUT2D eigenvalue weighted by molar-refractivity contribution is 0.335. The SMILES string of the molecule is CCCNCCN(C)CCc1cc(C)ccc1C. The Bertz CT molecular complexity index is 347. The molecule has 0 amide bonds. The van der Waals surface area contributed by atoms with E-state index in [1.807, 2.05) is 0 Å². The number of hydrogen-bond donors (Lipinski definition) is 1. The van der Waals surface area contributed by atoms with Gasteiger partial charge in [0, 0.05) is 19.6 Å². The van der Waals surface area contributed by atoms with Crippen LogP contribution in [0.4, 0.5) is 0 Å². The van der Waals surface area contributed by atoms with E-state index in [1.54, 1.807) is 0 Å². The van der Waals surface area contributed by atoms with Gasteiger partial charge in [0.1, 0.15) is 0 Å². The van der Waals surface area contributed by atoms with Gasteiger partial charge in [0.05, 0.1) is 0 Å². The molecule has 0 aliphatic rings. The van der Waals surface area contributed by atoms with Crippen molar-refractivity contribution in [2.45, 2.75) is 33.6 Å². The number of benzene rings is 1. The van der Waals surface area contributed by atoms with Gasteiger partial charge in [0.25, 0.3) is 0 Å². The van der Waals surface area contributed by atoms with Gasteiger partial charge in [-0.1, -0.05) is 30.7 Å². The Morgan fingerprint density at radius 3 is 2.61 bits per heavy atom. The monoisotopic (exact) mass is 248 g/mol. The van der Waals surface area contributed by atoms with Gasteiger partial charge in [-0.25, -0.2) is 0 Å². The molecule has 0 heterocycles. The summed E-state index contributed by atoms with van der Waals surface area (Å²) >= 11 is 0. The zero-order valence-corrected chi connectivity index (χ0v) is 12.4. The molecule has 1 aromatic rings. The molecule has 0 aliphatic heterocycles. The fraction of sp³-hybridized carbons (Fsp3) is 0.625. The molecule has 0 saturated heterocycles. The Morgan fingerprint density at radius 2 is 1.89 bits per heavy atom. The molecule has 0 fully saturated rings. The van der Waals surface area contributed by atoms with Gasteiger partial charge in [-0.05, 0) is 51.4 Å². The summed E-state index contributed by atoms with van der Waals surface area (Å²) in [6.45, 7) is 11.1. The van der Waals surface area contributed by atoms with E-state index in [0.29, 0.717) is 0 Å². The lowest BCUT2D eigenvalue weighted by Gasteiger charge is -2.17. The summed E-state index contributed by atoms with van der Waals surface area (Å²) in [6.07, 6.45) is 2.37. The molecule has 1 rings (SSSR count). The molecule has 1 N–H and O–H groups in total. The Balaban J connectivity index is 2.29. The maximum atomic E-state index is 3.44. The largest absolute Gasteiger partial charge is 0.315 e. The van der Waals surface area contributed by atoms with E-state index in [9.17, 15) is 0 Å². The summed E-state index contributed by atoms with van der Waals surface area (Å²) in [6, 6.07) is 6.74. The van der Waals surface area contributed by atoms with E-state index in [0.717, 1.165) is 32.6 Å². The predicted octanol–water partition coefficient (Wildman–Crippen LogP) is 2.78. The second kappa shape index (κ2) is 8.28. The lowest BCUT2D eigenvalue weighted by atomic mass is 10.0. The Labute approximate surface area is 112 Å². The van der Waals surface area contributed by atoms with Crippen LogP contribution in [-0.4, -0.2) is 38.1 Å². The molecular weight excluding hydrogens is 220 g/mol. The Morgan fingerprint density at radius 1 is 1.11 bits per heavy atom. The Hall–Kier alpha value is -0.860. The number of nitrogens with one attached hydrogen (secondary N) is 1. The first kappa shape index (κ1) is 15.2. The van der Waals surface area contributed by atoms with E-state index in [4.69, 9.17) is 0 Å². The van der Waals surface area contributed by atoms with Crippen molar-refractivity contribution in [3.05, 3.63) is 34.9 Å². The summed E-state index contributed by atoms with van der Waals surface area (Å²) in [5.74, 6) is 0. The van der Waals surface area contributed by atoms with Crippen molar-refractivity contribution in [3.63, 3.8) is 0 Å². The summed E-state index contributed by atoms with van der Waals surface area (Å²) in [5.41, 5.74) is 4.27. The molecule has 0 unspecified atom stereocenters. The normalized spacial score (nSPS) is 11.2. The van der Waals surface area contributed by atoms with Crippen molar-refractivity contribution >= 4 is 0 Å². The van der Waals surface area contributed by atoms with Crippen molar-refractivity contribution in [1.82, 2.24) is 10.2 Å². The molecule has 2 heteroatoms. The summed E-state index contributed by atoms with van der Waals surface area (Å²) in [5, 5.41) is 3.44. The third kappa shape index (κ3) is 5.65. The molecule has 0 bridgehead atoms. The molecule has 0 aromatic heterocycles. The zero-order chi connectivity index (χ0) is 13.4. The van der Waals surface area contributed by atoms with E-state index >= 15 is 0 Å². The van der Waals surface area contributed by atoms with E-state index in [-0.39, 0.29) is 0 Å². The van der Waals surface area contributed by atoms with Crippen molar-refractivity contribution < 1.29 is 0 Å². The van der Waals surface area contributed by atoms with Gasteiger partial charge in [-0.3, -0.25) is 0 Å². The van der Waals surface area contributed by atoms with Crippen molar-refractivity contribution in [2.24, 2.45) is 0 Å². The molecule has 1 aromatic carbocycles. The van der Waals surface area contributed by atoms with Gasteiger partial charge in [0.15, 0.2) is 0 Å². The minimum atomic E-state index is 1.09. The molecule has 0 aliphatic carbocycles. The highest BCUT2D eigenvalue weighted by atomic mass is 15.1. The highest BCUT2D eigenvalue weighted by Crippen LogP contribution is 2.11. The molecule has 0 saturated carbocycles. The maximum Gasteiger partial charge on any atom is 0.0104 e. The number of aryl methyl sites for hydroxylation is 2. The number of likely N-dealkylation sites (N-methyl/N-ethyl adjacent to an activating group) is 1. The van der Waals surface area contributed by atoms with Crippen LogP contribution >= 0.6 is 0 Å². The fourth-order valence-electron chi connectivity index (χ4n) is 2.06. The van der Waals surface area contributed by atoms with Crippen LogP contribution in [0, 0.1) is 13.8 Å². The Kier molecular flexibility index (Phi) is 6.99. The topological polar surface area (TPSA) is 15.3 Å². The molecule has 0 spiro atoms. The maximum absolute atomic E-state index is 3.44. The zero-order valence-electron chi connectivity index (χ0n) is 12.4. The first-order valence-electron chi connectivity index (χ1n) is 7.09. The minimum Gasteiger partial charge on any atom is -0.315 e. The van der Waals surface area contributed by atoms with Gasteiger partial charge < -0.3 is 10.2 Å². The van der Waals surface area contributed by atoms with Crippen LogP contribution in [-0.2, 0) is 6.42 Å². The highest BCUT2D eigenvalue weighted by Gasteiger charge is 2.02. The quantitative estimate of drug-likeness (QED) is 0.712. The first-order valence-corrected chi connectivity index (χ1v) is 7.09. The second-order valence-corrected chi connectivity index (χ2v) is 5.23. The van der Waals surface area contributed by atoms with Crippen LogP contribution in [0.15, 0.2) is 18.2 Å². The van der Waals surface area contributed by atoms with E-state index in [1.165, 1.54) is 23.1 Å². The average molecular weight is 248 g/mol. The lowest BCUT2D eigenvalue weighted by Crippen LogP contribution is -2.31. The van der Waals surface area contributed by atoms with Crippen molar-refractivity contribution in [1.29, 1.82) is 0 Å². The third-order valence-electron chi connectivity index (χ3n) is 3.36. The second-order valence-electron chi connectivity index (χ2n) is 5.23. The van der Waals surface area contributed by atoms with Crippen LogP contribution in [0.25, 0.3) is 0 Å². The highest BCUT2D eigenvalue weighted by molar-refractivity contribution is 5.30. The molecular formula is C16H28N2. The first-order chi connectivity index (χ1) is 8.63. The van der Waals surface area contributed by atoms with Crippen LogP contribution in [0.3, 0.4) is 0 Å². The smallest absolute Gasteiger partial charge is 0.0104 e. The standard InChI is InChI=1S/C16H28N2/c1-5-9-17-10-12-18(4)11-8-16-13-14(2)6-7-15(16)3/h6-7,13,17H,5,8-12H2,1-4H3. The average Bonchev–Trinajstić information content (AvgIpc) is 2.36. The van der Waals surface area contributed by atoms with Crippen LogP contribution < -0.4 is 5.32 Å². The molecule has 18 heavy (non-hydrogen) atoms. The summed E-state index contributed by atoms with van der Waals surface area (Å²) < 4.78 is 0. The van der Waals surface area contributed by atoms with Gasteiger partial charge >= 0.3 is 0 Å². The predicted molar refractivity (Wildman–Crippen MR) is 80.3 cm³/mol. The van der Waals surface area contributed by atoms with Gasteiger partial charge in [-0.15, -0.1) is 0 Å². The van der Waals surface area contributed by atoms with Crippen molar-refractivity contribution in [2.75, 3.05) is 33.2 Å². The molecule has 0 radical (unpaired) electrons. The van der Waals surface area contributed by atoms with E-state index < -0.39 is 0 Å². The van der Waals surface area contributed by atoms with Crippen LogP contribution in [0.5, 0.6) is 0 Å². The number of hydrogen-bond acceptors (Lipinski definition) is 2. The molecule has 2 nitrogen and oxygen atoms in total. The van der Waals surface area contributed by atoms with E-state index in [2.05, 4.69) is 56.2 Å². The van der Waals surface area contributed by atoms with Crippen LogP contribution in [0.1, 0.15) is 30.0 Å². The minimum absolute atomic E-state index is 1.09. The third-order valence-corrected chi connectivity index (χ3v) is 3.36. The summed E-state index contributed by atoms with van der Waals surface area (Å²) in [7, 11) is 2.21. The van der Waals surface area contributed by atoms with Gasteiger partial charge in [-0.2, -0.15) is 0 Å². The van der Waals surface area contributed by atoms with Crippen molar-refractivity contribution in [3.8, 4) is 0 Å².